The van der Waals surface area contributed by atoms with Crippen molar-refractivity contribution in [1.82, 2.24) is 9.78 Å². The van der Waals surface area contributed by atoms with Gasteiger partial charge in [0, 0.05) is 36.9 Å². The Morgan fingerprint density at radius 3 is 2.64 bits per heavy atom. The smallest absolute Gasteiger partial charge is 0.338 e. The van der Waals surface area contributed by atoms with E-state index in [0.717, 1.165) is 33.5 Å². The molecule has 6 nitrogen and oxygen atoms in total. The van der Waals surface area contributed by atoms with Gasteiger partial charge in [-0.1, -0.05) is 30.3 Å². The molecule has 1 aliphatic heterocycles. The van der Waals surface area contributed by atoms with Crippen molar-refractivity contribution in [2.45, 2.75) is 19.9 Å². The number of allylic oxidation sites excluding steroid dienone is 1. The average molecular weight is 376 g/mol. The number of aromatic nitrogens is 2. The largest absolute Gasteiger partial charge is 0.463 e. The van der Waals surface area contributed by atoms with Crippen LogP contribution in [0.2, 0.25) is 0 Å². The summed E-state index contributed by atoms with van der Waals surface area (Å²) in [7, 11) is 4.07. The molecule has 1 unspecified atom stereocenters. The maximum absolute atomic E-state index is 12.9. The van der Waals surface area contributed by atoms with Gasteiger partial charge < -0.3 is 15.0 Å². The van der Waals surface area contributed by atoms with Crippen LogP contribution in [0.3, 0.4) is 0 Å². The first kappa shape index (κ1) is 18.1. The minimum Gasteiger partial charge on any atom is -0.463 e. The Morgan fingerprint density at radius 2 is 1.93 bits per heavy atom. The summed E-state index contributed by atoms with van der Waals surface area (Å²) in [4.78, 5) is 15.0. The second-order valence-electron chi connectivity index (χ2n) is 7.06. The zero-order valence-electron chi connectivity index (χ0n) is 16.6. The van der Waals surface area contributed by atoms with E-state index in [1.165, 1.54) is 0 Å². The number of benzene rings is 2. The van der Waals surface area contributed by atoms with Crippen LogP contribution in [-0.4, -0.2) is 36.5 Å². The standard InChI is InChI=1S/C22H24N4O2/c1-5-28-22(27)20-14(2)24-19-12-13-23-26(19)21(20)17-10-11-18(25(3)4)16-9-7-6-8-15(16)17/h6-13,21,24H,5H2,1-4H3. The molecule has 1 atom stereocenters. The van der Waals surface area contributed by atoms with Gasteiger partial charge in [-0.2, -0.15) is 5.10 Å². The first-order valence-electron chi connectivity index (χ1n) is 9.40. The number of rotatable bonds is 4. The number of nitrogens with zero attached hydrogens (tertiary/aromatic N) is 3. The molecule has 6 heteroatoms. The second-order valence-corrected chi connectivity index (χ2v) is 7.06. The van der Waals surface area contributed by atoms with E-state index in [-0.39, 0.29) is 12.0 Å². The minimum absolute atomic E-state index is 0.320. The molecule has 0 saturated heterocycles. The van der Waals surface area contributed by atoms with Crippen molar-refractivity contribution in [2.75, 3.05) is 30.9 Å². The Bertz CT molecular complexity index is 1080. The van der Waals surface area contributed by atoms with Crippen molar-refractivity contribution in [3.8, 4) is 0 Å². The number of hydrogen-bond acceptors (Lipinski definition) is 5. The van der Waals surface area contributed by atoms with Crippen molar-refractivity contribution >= 4 is 28.2 Å². The van der Waals surface area contributed by atoms with Crippen molar-refractivity contribution in [3.63, 3.8) is 0 Å². The number of nitrogens with one attached hydrogen (secondary N) is 1. The van der Waals surface area contributed by atoms with Gasteiger partial charge in [0.15, 0.2) is 0 Å². The van der Waals surface area contributed by atoms with Crippen LogP contribution >= 0.6 is 0 Å². The van der Waals surface area contributed by atoms with E-state index >= 15 is 0 Å². The van der Waals surface area contributed by atoms with Gasteiger partial charge in [-0.05, 0) is 30.9 Å². The van der Waals surface area contributed by atoms with E-state index in [9.17, 15) is 4.79 Å². The molecule has 1 aliphatic rings. The van der Waals surface area contributed by atoms with Crippen molar-refractivity contribution in [2.24, 2.45) is 0 Å². The molecule has 0 fully saturated rings. The van der Waals surface area contributed by atoms with Gasteiger partial charge in [-0.15, -0.1) is 0 Å². The van der Waals surface area contributed by atoms with Crippen LogP contribution in [-0.2, 0) is 9.53 Å². The summed E-state index contributed by atoms with van der Waals surface area (Å²) in [5.74, 6) is 0.538. The van der Waals surface area contributed by atoms with Crippen LogP contribution in [0.1, 0.15) is 25.5 Å². The van der Waals surface area contributed by atoms with Gasteiger partial charge in [0.1, 0.15) is 11.9 Å². The van der Waals surface area contributed by atoms with Crippen molar-refractivity contribution < 1.29 is 9.53 Å². The van der Waals surface area contributed by atoms with Gasteiger partial charge in [0.25, 0.3) is 0 Å². The lowest BCUT2D eigenvalue weighted by Gasteiger charge is -2.30. The predicted molar refractivity (Wildman–Crippen MR) is 112 cm³/mol. The molecular weight excluding hydrogens is 352 g/mol. The fourth-order valence-electron chi connectivity index (χ4n) is 3.90. The third kappa shape index (κ3) is 2.81. The molecule has 2 heterocycles. The Morgan fingerprint density at radius 1 is 1.18 bits per heavy atom. The van der Waals surface area contributed by atoms with Crippen LogP contribution in [0.25, 0.3) is 10.8 Å². The Balaban J connectivity index is 1.99. The maximum atomic E-state index is 12.9. The fraction of sp³-hybridized carbons (Fsp3) is 0.273. The molecule has 4 rings (SSSR count). The Labute approximate surface area is 164 Å². The molecule has 0 amide bonds. The highest BCUT2D eigenvalue weighted by molar-refractivity contribution is 5.99. The number of hydrogen-bond donors (Lipinski definition) is 1. The van der Waals surface area contributed by atoms with E-state index < -0.39 is 0 Å². The summed E-state index contributed by atoms with van der Waals surface area (Å²) in [6.45, 7) is 4.06. The molecule has 0 bridgehead atoms. The van der Waals surface area contributed by atoms with E-state index in [2.05, 4.69) is 39.6 Å². The van der Waals surface area contributed by atoms with Crippen LogP contribution in [0.15, 0.2) is 59.9 Å². The van der Waals surface area contributed by atoms with E-state index in [0.29, 0.717) is 12.2 Å². The minimum atomic E-state index is -0.355. The number of ether oxygens (including phenoxy) is 1. The van der Waals surface area contributed by atoms with Gasteiger partial charge in [0.2, 0.25) is 0 Å². The van der Waals surface area contributed by atoms with Gasteiger partial charge in [-0.25, -0.2) is 9.48 Å². The molecule has 28 heavy (non-hydrogen) atoms. The van der Waals surface area contributed by atoms with Crippen molar-refractivity contribution in [1.29, 1.82) is 0 Å². The highest BCUT2D eigenvalue weighted by Gasteiger charge is 2.34. The van der Waals surface area contributed by atoms with Crippen LogP contribution in [0.5, 0.6) is 0 Å². The predicted octanol–water partition coefficient (Wildman–Crippen LogP) is 3.95. The quantitative estimate of drug-likeness (QED) is 0.699. The highest BCUT2D eigenvalue weighted by atomic mass is 16.5. The average Bonchev–Trinajstić information content (AvgIpc) is 3.14. The summed E-state index contributed by atoms with van der Waals surface area (Å²) in [5.41, 5.74) is 3.53. The topological polar surface area (TPSA) is 59.4 Å². The van der Waals surface area contributed by atoms with E-state index in [1.807, 2.05) is 50.8 Å². The highest BCUT2D eigenvalue weighted by Crippen LogP contribution is 2.40. The number of carbonyl (C=O) groups is 1. The molecule has 2 aromatic carbocycles. The lowest BCUT2D eigenvalue weighted by atomic mass is 9.90. The SMILES string of the molecule is CCOC(=O)C1=C(C)Nc2ccnn2C1c1ccc(N(C)C)c2ccccc12. The van der Waals surface area contributed by atoms with Gasteiger partial charge >= 0.3 is 5.97 Å². The van der Waals surface area contributed by atoms with Crippen LogP contribution < -0.4 is 10.2 Å². The first-order chi connectivity index (χ1) is 13.5. The summed E-state index contributed by atoms with van der Waals surface area (Å²) >= 11 is 0. The molecule has 0 radical (unpaired) electrons. The summed E-state index contributed by atoms with van der Waals surface area (Å²) in [6.07, 6.45) is 1.74. The second kappa shape index (κ2) is 7.03. The third-order valence-electron chi connectivity index (χ3n) is 5.11. The molecule has 3 aromatic rings. The van der Waals surface area contributed by atoms with Gasteiger partial charge in [-0.3, -0.25) is 0 Å². The number of fused-ring (bicyclic) bond motifs is 2. The zero-order valence-corrected chi connectivity index (χ0v) is 16.6. The molecule has 0 spiro atoms. The zero-order chi connectivity index (χ0) is 19.8. The Kier molecular flexibility index (Phi) is 4.55. The van der Waals surface area contributed by atoms with Crippen molar-refractivity contribution in [3.05, 3.63) is 65.5 Å². The van der Waals surface area contributed by atoms with Gasteiger partial charge in [0.05, 0.1) is 18.4 Å². The molecular formula is C22H24N4O2. The molecule has 144 valence electrons. The summed E-state index contributed by atoms with van der Waals surface area (Å²) < 4.78 is 7.24. The van der Waals surface area contributed by atoms with Crippen LogP contribution in [0.4, 0.5) is 11.5 Å². The normalized spacial score (nSPS) is 15.9. The number of esters is 1. The summed E-state index contributed by atoms with van der Waals surface area (Å²) in [6, 6.07) is 14.0. The monoisotopic (exact) mass is 376 g/mol. The number of carbonyl (C=O) groups excluding carboxylic acids is 1. The van der Waals surface area contributed by atoms with E-state index in [4.69, 9.17) is 4.74 Å². The third-order valence-corrected chi connectivity index (χ3v) is 5.11. The molecule has 0 saturated carbocycles. The number of anilines is 2. The molecule has 1 N–H and O–H groups in total. The molecule has 1 aromatic heterocycles. The Hall–Kier alpha value is -3.28. The fourth-order valence-corrected chi connectivity index (χ4v) is 3.90. The van der Waals surface area contributed by atoms with E-state index in [1.54, 1.807) is 6.20 Å². The summed E-state index contributed by atoms with van der Waals surface area (Å²) in [5, 5.41) is 10.0. The molecule has 0 aliphatic carbocycles. The lowest BCUT2D eigenvalue weighted by molar-refractivity contribution is -0.139. The lowest BCUT2D eigenvalue weighted by Crippen LogP contribution is -2.29. The maximum Gasteiger partial charge on any atom is 0.338 e. The van der Waals surface area contributed by atoms with Crippen LogP contribution in [0, 0.1) is 0 Å². The first-order valence-corrected chi connectivity index (χ1v) is 9.40.